The van der Waals surface area contributed by atoms with Crippen molar-refractivity contribution in [3.05, 3.63) is 35.5 Å². The number of hydrogen-bond acceptors (Lipinski definition) is 2. The van der Waals surface area contributed by atoms with Gasteiger partial charge in [0.05, 0.1) is 5.03 Å². The van der Waals surface area contributed by atoms with Crippen LogP contribution in [0.3, 0.4) is 0 Å². The zero-order chi connectivity index (χ0) is 8.81. The van der Waals surface area contributed by atoms with Gasteiger partial charge in [0.2, 0.25) is 0 Å². The molecule has 0 saturated heterocycles. The molecule has 0 amide bonds. The third kappa shape index (κ3) is 3.41. The minimum Gasteiger partial charge on any atom is -0.235 e. The van der Waals surface area contributed by atoms with E-state index in [1.54, 1.807) is 11.8 Å². The van der Waals surface area contributed by atoms with Gasteiger partial charge in [0.1, 0.15) is 4.60 Å². The lowest BCUT2D eigenvalue weighted by molar-refractivity contribution is 1.09. The molecule has 0 aromatic carbocycles. The van der Waals surface area contributed by atoms with Crippen molar-refractivity contribution >= 4 is 27.7 Å². The predicted molar refractivity (Wildman–Crippen MR) is 57.5 cm³/mol. The predicted octanol–water partition coefficient (Wildman–Crippen LogP) is 3.51. The standard InChI is InChI=1S/C9H10BrNS/c1-2-3-7-12-9-6-4-5-8(10)11-9/h2,4-6H,1,3,7H2. The molecular formula is C9H10BrNS. The molecule has 0 bridgehead atoms. The molecule has 0 unspecified atom stereocenters. The van der Waals surface area contributed by atoms with Gasteiger partial charge in [-0.05, 0) is 34.5 Å². The van der Waals surface area contributed by atoms with Crippen molar-refractivity contribution < 1.29 is 0 Å². The number of halogens is 1. The summed E-state index contributed by atoms with van der Waals surface area (Å²) in [7, 11) is 0. The molecule has 1 rings (SSSR count). The van der Waals surface area contributed by atoms with Crippen molar-refractivity contribution in [2.45, 2.75) is 11.4 Å². The average Bonchev–Trinajstić information content (AvgIpc) is 2.05. The molecule has 64 valence electrons. The summed E-state index contributed by atoms with van der Waals surface area (Å²) in [6.07, 6.45) is 2.95. The van der Waals surface area contributed by atoms with Gasteiger partial charge in [0.15, 0.2) is 0 Å². The largest absolute Gasteiger partial charge is 0.235 e. The van der Waals surface area contributed by atoms with Gasteiger partial charge >= 0.3 is 0 Å². The van der Waals surface area contributed by atoms with Crippen molar-refractivity contribution in [1.29, 1.82) is 0 Å². The Hall–Kier alpha value is -0.280. The van der Waals surface area contributed by atoms with E-state index in [2.05, 4.69) is 27.5 Å². The van der Waals surface area contributed by atoms with Crippen LogP contribution in [0, 0.1) is 0 Å². The number of nitrogens with zero attached hydrogens (tertiary/aromatic N) is 1. The summed E-state index contributed by atoms with van der Waals surface area (Å²) in [4.78, 5) is 4.29. The van der Waals surface area contributed by atoms with Crippen molar-refractivity contribution in [2.75, 3.05) is 5.75 Å². The molecule has 0 aliphatic heterocycles. The summed E-state index contributed by atoms with van der Waals surface area (Å²) in [6.45, 7) is 3.67. The van der Waals surface area contributed by atoms with Crippen LogP contribution in [0.4, 0.5) is 0 Å². The lowest BCUT2D eigenvalue weighted by Crippen LogP contribution is -1.81. The highest BCUT2D eigenvalue weighted by Crippen LogP contribution is 2.18. The topological polar surface area (TPSA) is 12.9 Å². The molecule has 0 spiro atoms. The first-order valence-electron chi connectivity index (χ1n) is 3.69. The molecule has 0 atom stereocenters. The first-order chi connectivity index (χ1) is 5.83. The molecule has 1 heterocycles. The Morgan fingerprint density at radius 3 is 3.08 bits per heavy atom. The first kappa shape index (κ1) is 9.81. The van der Waals surface area contributed by atoms with Crippen LogP contribution in [0.1, 0.15) is 6.42 Å². The SMILES string of the molecule is C=CCCSc1cccc(Br)n1. The van der Waals surface area contributed by atoms with Gasteiger partial charge < -0.3 is 0 Å². The van der Waals surface area contributed by atoms with Crippen molar-refractivity contribution in [3.8, 4) is 0 Å². The van der Waals surface area contributed by atoms with Crippen LogP contribution < -0.4 is 0 Å². The van der Waals surface area contributed by atoms with E-state index in [1.165, 1.54) is 0 Å². The van der Waals surface area contributed by atoms with Crippen molar-refractivity contribution in [2.24, 2.45) is 0 Å². The van der Waals surface area contributed by atoms with E-state index in [9.17, 15) is 0 Å². The molecule has 12 heavy (non-hydrogen) atoms. The smallest absolute Gasteiger partial charge is 0.107 e. The quantitative estimate of drug-likeness (QED) is 0.348. The highest BCUT2D eigenvalue weighted by molar-refractivity contribution is 9.10. The number of rotatable bonds is 4. The van der Waals surface area contributed by atoms with Gasteiger partial charge in [-0.25, -0.2) is 4.98 Å². The summed E-state index contributed by atoms with van der Waals surface area (Å²) < 4.78 is 0.895. The van der Waals surface area contributed by atoms with Crippen molar-refractivity contribution in [1.82, 2.24) is 4.98 Å². The third-order valence-electron chi connectivity index (χ3n) is 1.26. The van der Waals surface area contributed by atoms with Gasteiger partial charge in [-0.1, -0.05) is 12.1 Å². The maximum absolute atomic E-state index is 4.29. The van der Waals surface area contributed by atoms with Crippen LogP contribution in [0.15, 0.2) is 40.5 Å². The minimum atomic E-state index is 0.895. The van der Waals surface area contributed by atoms with E-state index in [-0.39, 0.29) is 0 Å². The molecule has 3 heteroatoms. The minimum absolute atomic E-state index is 0.895. The molecule has 0 saturated carbocycles. The van der Waals surface area contributed by atoms with E-state index in [0.29, 0.717) is 0 Å². The van der Waals surface area contributed by atoms with E-state index in [4.69, 9.17) is 0 Å². The van der Waals surface area contributed by atoms with E-state index >= 15 is 0 Å². The fraction of sp³-hybridized carbons (Fsp3) is 0.222. The van der Waals surface area contributed by atoms with Crippen LogP contribution >= 0.6 is 27.7 Å². The summed E-state index contributed by atoms with van der Waals surface area (Å²) >= 11 is 5.07. The highest BCUT2D eigenvalue weighted by Gasteiger charge is 1.94. The molecule has 0 aliphatic carbocycles. The van der Waals surface area contributed by atoms with Gasteiger partial charge in [-0.2, -0.15) is 0 Å². The maximum Gasteiger partial charge on any atom is 0.107 e. The lowest BCUT2D eigenvalue weighted by atomic mass is 10.5. The second-order valence-corrected chi connectivity index (χ2v) is 4.15. The van der Waals surface area contributed by atoms with Gasteiger partial charge in [0, 0.05) is 5.75 Å². The number of thioether (sulfide) groups is 1. The number of allylic oxidation sites excluding steroid dienone is 1. The summed E-state index contributed by atoms with van der Waals surface area (Å²) in [6, 6.07) is 5.93. The zero-order valence-corrected chi connectivity index (χ0v) is 9.07. The first-order valence-corrected chi connectivity index (χ1v) is 5.47. The molecule has 0 aliphatic rings. The Morgan fingerprint density at radius 2 is 2.42 bits per heavy atom. The van der Waals surface area contributed by atoms with Gasteiger partial charge in [0.25, 0.3) is 0 Å². The molecule has 0 fully saturated rings. The molecule has 0 N–H and O–H groups in total. The molecular weight excluding hydrogens is 234 g/mol. The van der Waals surface area contributed by atoms with Crippen molar-refractivity contribution in [3.63, 3.8) is 0 Å². The Balaban J connectivity index is 2.46. The normalized spacial score (nSPS) is 9.75. The van der Waals surface area contributed by atoms with Crippen LogP contribution in [-0.4, -0.2) is 10.7 Å². The monoisotopic (exact) mass is 243 g/mol. The lowest BCUT2D eigenvalue weighted by Gasteiger charge is -1.97. The summed E-state index contributed by atoms with van der Waals surface area (Å²) in [5.41, 5.74) is 0. The number of pyridine rings is 1. The molecule has 1 aromatic heterocycles. The molecule has 1 nitrogen and oxygen atoms in total. The second-order valence-electron chi connectivity index (χ2n) is 2.22. The van der Waals surface area contributed by atoms with Gasteiger partial charge in [-0.3, -0.25) is 0 Å². The van der Waals surface area contributed by atoms with Gasteiger partial charge in [-0.15, -0.1) is 18.3 Å². The Labute approximate surface area is 85.4 Å². The van der Waals surface area contributed by atoms with E-state index < -0.39 is 0 Å². The maximum atomic E-state index is 4.29. The number of hydrogen-bond donors (Lipinski definition) is 0. The molecule has 1 aromatic rings. The van der Waals surface area contributed by atoms with Crippen LogP contribution in [0.25, 0.3) is 0 Å². The zero-order valence-electron chi connectivity index (χ0n) is 6.66. The Morgan fingerprint density at radius 1 is 1.58 bits per heavy atom. The fourth-order valence-electron chi connectivity index (χ4n) is 0.717. The highest BCUT2D eigenvalue weighted by atomic mass is 79.9. The van der Waals surface area contributed by atoms with Crippen LogP contribution in [0.5, 0.6) is 0 Å². The Kier molecular flexibility index (Phi) is 4.40. The molecule has 0 radical (unpaired) electrons. The summed E-state index contributed by atoms with van der Waals surface area (Å²) in [5.74, 6) is 1.05. The van der Waals surface area contributed by atoms with Crippen LogP contribution in [-0.2, 0) is 0 Å². The summed E-state index contributed by atoms with van der Waals surface area (Å²) in [5, 5.41) is 1.06. The van der Waals surface area contributed by atoms with E-state index in [1.807, 2.05) is 24.3 Å². The Bertz CT molecular complexity index is 262. The van der Waals surface area contributed by atoms with Crippen LogP contribution in [0.2, 0.25) is 0 Å². The fourth-order valence-corrected chi connectivity index (χ4v) is 2.01. The third-order valence-corrected chi connectivity index (χ3v) is 2.67. The second kappa shape index (κ2) is 5.38. The number of aromatic nitrogens is 1. The van der Waals surface area contributed by atoms with E-state index in [0.717, 1.165) is 21.8 Å². The average molecular weight is 244 g/mol.